The summed E-state index contributed by atoms with van der Waals surface area (Å²) in [6.07, 6.45) is 0. The molecule has 1 aromatic carbocycles. The van der Waals surface area contributed by atoms with E-state index in [0.29, 0.717) is 17.3 Å². The summed E-state index contributed by atoms with van der Waals surface area (Å²) in [4.78, 5) is 23.4. The van der Waals surface area contributed by atoms with E-state index in [2.05, 4.69) is 0 Å². The second-order valence-corrected chi connectivity index (χ2v) is 3.98. The summed E-state index contributed by atoms with van der Waals surface area (Å²) in [5.74, 6) is -0.898. The van der Waals surface area contributed by atoms with Crippen molar-refractivity contribution in [3.8, 4) is 5.75 Å². The van der Waals surface area contributed by atoms with Crippen LogP contribution in [0.3, 0.4) is 0 Å². The molecule has 0 aromatic heterocycles. The van der Waals surface area contributed by atoms with Gasteiger partial charge in [0, 0.05) is 11.6 Å². The second-order valence-electron chi connectivity index (χ2n) is 3.54. The van der Waals surface area contributed by atoms with Crippen LogP contribution < -0.4 is 4.74 Å². The first kappa shape index (κ1) is 14.3. The molecular formula is C12H14ClNO4. The van der Waals surface area contributed by atoms with Gasteiger partial charge in [-0.1, -0.05) is 11.6 Å². The molecule has 0 fully saturated rings. The van der Waals surface area contributed by atoms with E-state index in [0.717, 1.165) is 0 Å². The van der Waals surface area contributed by atoms with E-state index < -0.39 is 5.97 Å². The van der Waals surface area contributed by atoms with Crippen LogP contribution in [0.1, 0.15) is 6.92 Å². The molecule has 0 radical (unpaired) electrons. The van der Waals surface area contributed by atoms with Gasteiger partial charge in [0.15, 0.2) is 6.61 Å². The Labute approximate surface area is 110 Å². The molecule has 0 aliphatic carbocycles. The maximum Gasteiger partial charge on any atom is 0.323 e. The van der Waals surface area contributed by atoms with Crippen LogP contribution in [-0.2, 0) is 9.59 Å². The quantitative estimate of drug-likeness (QED) is 0.854. The minimum Gasteiger partial charge on any atom is -0.484 e. The SMILES string of the molecule is CCN(CC(=O)O)C(=O)COc1ccc(Cl)cc1. The predicted molar refractivity (Wildman–Crippen MR) is 66.8 cm³/mol. The minimum absolute atomic E-state index is 0.192. The Morgan fingerprint density at radius 2 is 1.94 bits per heavy atom. The molecule has 1 N–H and O–H groups in total. The summed E-state index contributed by atoms with van der Waals surface area (Å²) < 4.78 is 5.24. The summed E-state index contributed by atoms with van der Waals surface area (Å²) in [7, 11) is 0. The molecule has 1 rings (SSSR count). The first-order valence-electron chi connectivity index (χ1n) is 5.41. The van der Waals surface area contributed by atoms with Crippen LogP contribution in [0.15, 0.2) is 24.3 Å². The smallest absolute Gasteiger partial charge is 0.323 e. The molecule has 98 valence electrons. The van der Waals surface area contributed by atoms with E-state index in [4.69, 9.17) is 21.4 Å². The van der Waals surface area contributed by atoms with E-state index >= 15 is 0 Å². The number of hydrogen-bond donors (Lipinski definition) is 1. The maximum absolute atomic E-state index is 11.7. The Kier molecular flexibility index (Phi) is 5.45. The number of amides is 1. The lowest BCUT2D eigenvalue weighted by molar-refractivity contribution is -0.145. The average molecular weight is 272 g/mol. The molecule has 0 saturated heterocycles. The molecule has 0 aliphatic heterocycles. The average Bonchev–Trinajstić information content (AvgIpc) is 2.34. The zero-order valence-corrected chi connectivity index (χ0v) is 10.7. The maximum atomic E-state index is 11.7. The summed E-state index contributed by atoms with van der Waals surface area (Å²) in [6.45, 7) is 1.53. The molecule has 0 spiro atoms. The van der Waals surface area contributed by atoms with Crippen LogP contribution >= 0.6 is 11.6 Å². The molecular weight excluding hydrogens is 258 g/mol. The summed E-state index contributed by atoms with van der Waals surface area (Å²) in [5, 5.41) is 9.21. The Morgan fingerprint density at radius 3 is 2.44 bits per heavy atom. The van der Waals surface area contributed by atoms with Crippen molar-refractivity contribution >= 4 is 23.5 Å². The van der Waals surface area contributed by atoms with Crippen molar-refractivity contribution in [1.29, 1.82) is 0 Å². The number of carboxylic acid groups (broad SMARTS) is 1. The molecule has 18 heavy (non-hydrogen) atoms. The third-order valence-corrected chi connectivity index (χ3v) is 2.49. The van der Waals surface area contributed by atoms with Gasteiger partial charge in [0.05, 0.1) is 0 Å². The second kappa shape index (κ2) is 6.86. The first-order valence-corrected chi connectivity index (χ1v) is 5.78. The van der Waals surface area contributed by atoms with Crippen molar-refractivity contribution < 1.29 is 19.4 Å². The van der Waals surface area contributed by atoms with Gasteiger partial charge in [0.25, 0.3) is 5.91 Å². The normalized spacial score (nSPS) is 9.89. The fourth-order valence-electron chi connectivity index (χ4n) is 1.31. The number of halogens is 1. The van der Waals surface area contributed by atoms with Crippen LogP contribution in [0.2, 0.25) is 5.02 Å². The molecule has 0 bridgehead atoms. The van der Waals surface area contributed by atoms with Gasteiger partial charge in [-0.2, -0.15) is 0 Å². The van der Waals surface area contributed by atoms with Crippen molar-refractivity contribution in [1.82, 2.24) is 4.90 Å². The van der Waals surface area contributed by atoms with Gasteiger partial charge >= 0.3 is 5.97 Å². The largest absolute Gasteiger partial charge is 0.484 e. The molecule has 0 saturated carbocycles. The topological polar surface area (TPSA) is 66.8 Å². The number of aliphatic carboxylic acids is 1. The lowest BCUT2D eigenvalue weighted by Gasteiger charge is -2.18. The fourth-order valence-corrected chi connectivity index (χ4v) is 1.43. The summed E-state index contributed by atoms with van der Waals surface area (Å²) >= 11 is 5.71. The highest BCUT2D eigenvalue weighted by atomic mass is 35.5. The highest BCUT2D eigenvalue weighted by Gasteiger charge is 2.15. The van der Waals surface area contributed by atoms with Crippen molar-refractivity contribution in [3.63, 3.8) is 0 Å². The first-order chi connectivity index (χ1) is 8.52. The standard InChI is InChI=1S/C12H14ClNO4/c1-2-14(7-12(16)17)11(15)8-18-10-5-3-9(13)4-6-10/h3-6H,2,7-8H2,1H3,(H,16,17). The van der Waals surface area contributed by atoms with Crippen LogP contribution in [-0.4, -0.2) is 41.6 Å². The number of carboxylic acids is 1. The van der Waals surface area contributed by atoms with E-state index in [1.807, 2.05) is 0 Å². The molecule has 0 unspecified atom stereocenters. The fraction of sp³-hybridized carbons (Fsp3) is 0.333. The number of carbonyl (C=O) groups is 2. The van der Waals surface area contributed by atoms with Crippen molar-refractivity contribution in [2.45, 2.75) is 6.92 Å². The number of carbonyl (C=O) groups excluding carboxylic acids is 1. The monoisotopic (exact) mass is 271 g/mol. The Hall–Kier alpha value is -1.75. The molecule has 5 nitrogen and oxygen atoms in total. The lowest BCUT2D eigenvalue weighted by Crippen LogP contribution is -2.38. The number of ether oxygens (including phenoxy) is 1. The predicted octanol–water partition coefficient (Wildman–Crippen LogP) is 1.65. The Balaban J connectivity index is 2.49. The number of rotatable bonds is 6. The molecule has 0 heterocycles. The van der Waals surface area contributed by atoms with Crippen LogP contribution in [0.5, 0.6) is 5.75 Å². The van der Waals surface area contributed by atoms with Gasteiger partial charge in [-0.15, -0.1) is 0 Å². The number of nitrogens with zero attached hydrogens (tertiary/aromatic N) is 1. The zero-order chi connectivity index (χ0) is 13.5. The van der Waals surface area contributed by atoms with E-state index in [1.54, 1.807) is 31.2 Å². The zero-order valence-electron chi connectivity index (χ0n) is 9.93. The molecule has 0 aliphatic rings. The third-order valence-electron chi connectivity index (χ3n) is 2.24. The van der Waals surface area contributed by atoms with Gasteiger partial charge < -0.3 is 14.7 Å². The summed E-state index contributed by atoms with van der Waals surface area (Å²) in [6, 6.07) is 6.58. The highest BCUT2D eigenvalue weighted by Crippen LogP contribution is 2.15. The van der Waals surface area contributed by atoms with Crippen LogP contribution in [0.25, 0.3) is 0 Å². The third kappa shape index (κ3) is 4.63. The van der Waals surface area contributed by atoms with Crippen LogP contribution in [0, 0.1) is 0 Å². The van der Waals surface area contributed by atoms with Gasteiger partial charge in [-0.25, -0.2) is 0 Å². The lowest BCUT2D eigenvalue weighted by atomic mass is 10.3. The van der Waals surface area contributed by atoms with Crippen molar-refractivity contribution in [2.24, 2.45) is 0 Å². The number of benzene rings is 1. The van der Waals surface area contributed by atoms with Gasteiger partial charge in [-0.05, 0) is 31.2 Å². The van der Waals surface area contributed by atoms with E-state index in [9.17, 15) is 9.59 Å². The number of likely N-dealkylation sites (N-methyl/N-ethyl adjacent to an activating group) is 1. The van der Waals surface area contributed by atoms with Gasteiger partial charge in [-0.3, -0.25) is 9.59 Å². The highest BCUT2D eigenvalue weighted by molar-refractivity contribution is 6.30. The van der Waals surface area contributed by atoms with E-state index in [1.165, 1.54) is 4.90 Å². The molecule has 1 amide bonds. The minimum atomic E-state index is -1.04. The number of hydrogen-bond acceptors (Lipinski definition) is 3. The van der Waals surface area contributed by atoms with Crippen LogP contribution in [0.4, 0.5) is 0 Å². The van der Waals surface area contributed by atoms with E-state index in [-0.39, 0.29) is 19.1 Å². The summed E-state index contributed by atoms with van der Waals surface area (Å²) in [5.41, 5.74) is 0. The van der Waals surface area contributed by atoms with Gasteiger partial charge in [0.2, 0.25) is 0 Å². The Morgan fingerprint density at radius 1 is 1.33 bits per heavy atom. The Bertz CT molecular complexity index is 419. The van der Waals surface area contributed by atoms with Crippen molar-refractivity contribution in [3.05, 3.63) is 29.3 Å². The van der Waals surface area contributed by atoms with Gasteiger partial charge in [0.1, 0.15) is 12.3 Å². The molecule has 1 aromatic rings. The molecule has 0 atom stereocenters. The van der Waals surface area contributed by atoms with Crippen molar-refractivity contribution in [2.75, 3.05) is 19.7 Å². The molecule has 6 heteroatoms.